The number of nitriles is 2. The number of rotatable bonds is 3. The number of hydrogen-bond acceptors (Lipinski definition) is 3. The molecule has 4 heteroatoms. The highest BCUT2D eigenvalue weighted by atomic mass is 35.5. The molecule has 0 N–H and O–H groups in total. The van der Waals surface area contributed by atoms with Crippen molar-refractivity contribution in [2.24, 2.45) is 0 Å². The van der Waals surface area contributed by atoms with Crippen molar-refractivity contribution in [1.82, 2.24) is 0 Å². The van der Waals surface area contributed by atoms with Crippen LogP contribution in [0.4, 0.5) is 0 Å². The normalized spacial score (nSPS) is 10.1. The van der Waals surface area contributed by atoms with Gasteiger partial charge in [-0.05, 0) is 35.4 Å². The first-order valence-electron chi connectivity index (χ1n) is 6.68. The van der Waals surface area contributed by atoms with Crippen molar-refractivity contribution in [1.29, 1.82) is 10.5 Å². The second-order valence-corrected chi connectivity index (χ2v) is 4.61. The molecule has 0 saturated heterocycles. The molecule has 0 fully saturated rings. The Morgan fingerprint density at radius 2 is 1.61 bits per heavy atom. The molecule has 0 aliphatic carbocycles. The van der Waals surface area contributed by atoms with Gasteiger partial charge in [-0.1, -0.05) is 48.5 Å². The van der Waals surface area contributed by atoms with Gasteiger partial charge in [0.05, 0.1) is 23.8 Å². The summed E-state index contributed by atoms with van der Waals surface area (Å²) >= 11 is 6.32. The van der Waals surface area contributed by atoms with E-state index in [1.807, 2.05) is 54.6 Å². The van der Waals surface area contributed by atoms with E-state index < -0.39 is 0 Å². The number of halogens is 1. The summed E-state index contributed by atoms with van der Waals surface area (Å²) in [6.07, 6.45) is 1.18. The average Bonchev–Trinajstić information content (AvgIpc) is 2.63. The van der Waals surface area contributed by atoms with Gasteiger partial charge in [0, 0.05) is 6.08 Å². The van der Waals surface area contributed by atoms with Crippen LogP contribution >= 0.6 is 11.6 Å². The lowest BCUT2D eigenvalue weighted by Gasteiger charge is -2.05. The average molecular weight is 323 g/mol. The predicted octanol–water partition coefficient (Wildman–Crippen LogP) is 5.02. The Hall–Kier alpha value is -3.01. The first-order chi connectivity index (χ1) is 11.2. The third-order valence-corrected chi connectivity index (χ3v) is 3.24. The molecule has 2 aromatic rings. The Bertz CT molecular complexity index is 751. The Kier molecular flexibility index (Phi) is 7.72. The van der Waals surface area contributed by atoms with E-state index in [1.165, 1.54) is 6.08 Å². The molecule has 0 spiro atoms. The molecule has 0 amide bonds. The van der Waals surface area contributed by atoms with Gasteiger partial charge in [0.15, 0.2) is 0 Å². The fourth-order valence-corrected chi connectivity index (χ4v) is 2.00. The van der Waals surface area contributed by atoms with Gasteiger partial charge in [0.1, 0.15) is 11.8 Å². The summed E-state index contributed by atoms with van der Waals surface area (Å²) in [7, 11) is 1.61. The third kappa shape index (κ3) is 5.36. The van der Waals surface area contributed by atoms with E-state index in [1.54, 1.807) is 13.2 Å². The molecule has 0 heterocycles. The predicted molar refractivity (Wildman–Crippen MR) is 93.5 cm³/mol. The molecular weight excluding hydrogens is 308 g/mol. The van der Waals surface area contributed by atoms with Crippen LogP contribution < -0.4 is 4.74 Å². The zero-order valence-corrected chi connectivity index (χ0v) is 13.4. The molecule has 0 saturated carbocycles. The zero-order valence-electron chi connectivity index (χ0n) is 12.7. The molecule has 23 heavy (non-hydrogen) atoms. The largest absolute Gasteiger partial charge is 0.497 e. The lowest BCUT2D eigenvalue weighted by atomic mass is 10.0. The van der Waals surface area contributed by atoms with E-state index in [-0.39, 0.29) is 0 Å². The molecule has 0 aliphatic heterocycles. The van der Waals surface area contributed by atoms with Crippen LogP contribution in [0.15, 0.2) is 67.3 Å². The van der Waals surface area contributed by atoms with Crippen molar-refractivity contribution in [3.05, 3.63) is 78.4 Å². The van der Waals surface area contributed by atoms with Crippen molar-refractivity contribution in [2.75, 3.05) is 7.11 Å². The molecular formula is C19H15ClN2O. The first-order valence-corrected chi connectivity index (χ1v) is 7.06. The van der Waals surface area contributed by atoms with E-state index >= 15 is 0 Å². The van der Waals surface area contributed by atoms with E-state index in [0.717, 1.165) is 16.9 Å². The number of allylic oxidation sites excluding steroid dienone is 2. The van der Waals surface area contributed by atoms with Crippen molar-refractivity contribution < 1.29 is 4.74 Å². The highest BCUT2D eigenvalue weighted by molar-refractivity contribution is 6.53. The van der Waals surface area contributed by atoms with E-state index in [9.17, 15) is 5.26 Å². The zero-order chi connectivity index (χ0) is 17.1. The molecule has 0 bridgehead atoms. The molecule has 3 nitrogen and oxygen atoms in total. The maximum atomic E-state index is 9.29. The van der Waals surface area contributed by atoms with Crippen LogP contribution in [0.5, 0.6) is 5.75 Å². The quantitative estimate of drug-likeness (QED) is 0.588. The monoisotopic (exact) mass is 322 g/mol. The van der Waals surface area contributed by atoms with E-state index in [0.29, 0.717) is 10.6 Å². The SMILES string of the molecule is C=CC#N.COc1ccc(C(Cl)=C(C#N)c2ccccc2)cc1. The Morgan fingerprint density at radius 1 is 1.04 bits per heavy atom. The minimum absolute atomic E-state index is 0.441. The summed E-state index contributed by atoms with van der Waals surface area (Å²) in [4.78, 5) is 0. The van der Waals surface area contributed by atoms with Gasteiger partial charge >= 0.3 is 0 Å². The number of methoxy groups -OCH3 is 1. The molecule has 2 rings (SSSR count). The fraction of sp³-hybridized carbons (Fsp3) is 0.0526. The highest BCUT2D eigenvalue weighted by Crippen LogP contribution is 2.30. The Labute approximate surface area is 141 Å². The minimum Gasteiger partial charge on any atom is -0.497 e. The van der Waals surface area contributed by atoms with E-state index in [2.05, 4.69) is 12.6 Å². The summed E-state index contributed by atoms with van der Waals surface area (Å²) in [5.41, 5.74) is 2.07. The van der Waals surface area contributed by atoms with Crippen LogP contribution in [0.2, 0.25) is 0 Å². The third-order valence-electron chi connectivity index (χ3n) is 2.83. The lowest BCUT2D eigenvalue weighted by molar-refractivity contribution is 0.415. The van der Waals surface area contributed by atoms with Gasteiger partial charge in [-0.15, -0.1) is 0 Å². The number of hydrogen-bond donors (Lipinski definition) is 0. The van der Waals surface area contributed by atoms with Gasteiger partial charge in [-0.25, -0.2) is 0 Å². The molecule has 0 aromatic heterocycles. The van der Waals surface area contributed by atoms with Crippen LogP contribution in [-0.4, -0.2) is 7.11 Å². The minimum atomic E-state index is 0.441. The maximum Gasteiger partial charge on any atom is 0.118 e. The number of ether oxygens (including phenoxy) is 1. The van der Waals surface area contributed by atoms with Gasteiger partial charge in [0.2, 0.25) is 0 Å². The number of nitrogens with zero attached hydrogens (tertiary/aromatic N) is 2. The van der Waals surface area contributed by atoms with Gasteiger partial charge in [-0.3, -0.25) is 0 Å². The lowest BCUT2D eigenvalue weighted by Crippen LogP contribution is -1.87. The van der Waals surface area contributed by atoms with Crippen molar-refractivity contribution in [3.8, 4) is 17.9 Å². The van der Waals surface area contributed by atoms with Crippen LogP contribution in [0.25, 0.3) is 10.6 Å². The van der Waals surface area contributed by atoms with E-state index in [4.69, 9.17) is 21.6 Å². The summed E-state index contributed by atoms with van der Waals surface area (Å²) < 4.78 is 5.10. The summed E-state index contributed by atoms with van der Waals surface area (Å²) in [5.74, 6) is 0.756. The topological polar surface area (TPSA) is 56.8 Å². The van der Waals surface area contributed by atoms with Crippen molar-refractivity contribution in [3.63, 3.8) is 0 Å². The van der Waals surface area contributed by atoms with Crippen LogP contribution in [-0.2, 0) is 0 Å². The molecule has 2 aromatic carbocycles. The molecule has 0 radical (unpaired) electrons. The maximum absolute atomic E-state index is 9.29. The highest BCUT2D eigenvalue weighted by Gasteiger charge is 2.09. The smallest absolute Gasteiger partial charge is 0.118 e. The van der Waals surface area contributed by atoms with Gasteiger partial charge in [-0.2, -0.15) is 10.5 Å². The fourth-order valence-electron chi connectivity index (χ4n) is 1.73. The standard InChI is InChI=1S/C16H12ClNO.C3H3N/c1-19-14-9-7-13(8-10-14)16(17)15(11-18)12-5-3-2-4-6-12;1-2-3-4/h2-10H,1H3;2H,1H2. The summed E-state index contributed by atoms with van der Waals surface area (Å²) in [6.45, 7) is 3.12. The Balaban J connectivity index is 0.000000593. The van der Waals surface area contributed by atoms with Gasteiger partial charge < -0.3 is 4.74 Å². The number of benzene rings is 2. The first kappa shape index (κ1) is 18.0. The molecule has 114 valence electrons. The summed E-state index contributed by atoms with van der Waals surface area (Å²) in [6, 6.07) is 20.6. The molecule has 0 unspecified atom stereocenters. The second-order valence-electron chi connectivity index (χ2n) is 4.23. The Morgan fingerprint density at radius 3 is 2.04 bits per heavy atom. The molecule has 0 atom stereocenters. The molecule has 0 aliphatic rings. The van der Waals surface area contributed by atoms with Gasteiger partial charge in [0.25, 0.3) is 0 Å². The summed E-state index contributed by atoms with van der Waals surface area (Å²) in [5, 5.41) is 17.2. The van der Waals surface area contributed by atoms with Crippen LogP contribution in [0.3, 0.4) is 0 Å². The second kappa shape index (κ2) is 9.84. The van der Waals surface area contributed by atoms with Crippen LogP contribution in [0.1, 0.15) is 11.1 Å². The van der Waals surface area contributed by atoms with Crippen molar-refractivity contribution >= 4 is 22.2 Å². The van der Waals surface area contributed by atoms with Crippen LogP contribution in [0, 0.1) is 22.7 Å². The van der Waals surface area contributed by atoms with Crippen molar-refractivity contribution in [2.45, 2.75) is 0 Å².